The largest absolute Gasteiger partial charge is 0.467 e. The van der Waals surface area contributed by atoms with Gasteiger partial charge in [0.25, 0.3) is 5.91 Å². The molecule has 2 aromatic rings. The Bertz CT molecular complexity index is 540. The van der Waals surface area contributed by atoms with E-state index in [0.717, 1.165) is 5.69 Å². The summed E-state index contributed by atoms with van der Waals surface area (Å²) in [6, 6.07) is 5.25. The lowest BCUT2D eigenvalue weighted by molar-refractivity contribution is 0.0942. The number of hydrogen-bond donors (Lipinski definition) is 1. The maximum absolute atomic E-state index is 11.9. The predicted octanol–water partition coefficient (Wildman–Crippen LogP) is 2.03. The number of hydrogen-bond acceptors (Lipinski definition) is 5. The summed E-state index contributed by atoms with van der Waals surface area (Å²) in [6.45, 7) is 2.19. The molecule has 0 aliphatic heterocycles. The lowest BCUT2D eigenvalue weighted by Crippen LogP contribution is -2.24. The third kappa shape index (κ3) is 3.10. The molecule has 0 aromatic carbocycles. The first-order valence-electron chi connectivity index (χ1n) is 5.39. The molecule has 0 saturated carbocycles. The van der Waals surface area contributed by atoms with Crippen molar-refractivity contribution in [1.29, 1.82) is 0 Å². The highest BCUT2D eigenvalue weighted by Gasteiger charge is 2.10. The van der Waals surface area contributed by atoms with E-state index in [2.05, 4.69) is 15.3 Å². The number of carbonyl (C=O) groups is 1. The van der Waals surface area contributed by atoms with Crippen molar-refractivity contribution in [3.05, 3.63) is 41.6 Å². The number of thioether (sulfide) groups is 1. The summed E-state index contributed by atoms with van der Waals surface area (Å²) in [6.07, 6.45) is 3.45. The normalized spacial score (nSPS) is 10.3. The Hall–Kier alpha value is -1.82. The maximum Gasteiger partial charge on any atom is 0.270 e. The van der Waals surface area contributed by atoms with Gasteiger partial charge in [-0.05, 0) is 31.4 Å². The molecule has 94 valence electrons. The van der Waals surface area contributed by atoms with Gasteiger partial charge >= 0.3 is 0 Å². The zero-order valence-electron chi connectivity index (χ0n) is 10.1. The van der Waals surface area contributed by atoms with E-state index in [1.54, 1.807) is 24.5 Å². The first-order valence-corrected chi connectivity index (χ1v) is 6.62. The van der Waals surface area contributed by atoms with E-state index in [9.17, 15) is 4.79 Å². The van der Waals surface area contributed by atoms with Crippen LogP contribution in [0.3, 0.4) is 0 Å². The molecule has 0 saturated heterocycles. The summed E-state index contributed by atoms with van der Waals surface area (Å²) in [5.74, 6) is 0.478. The number of amides is 1. The summed E-state index contributed by atoms with van der Waals surface area (Å²) in [4.78, 5) is 20.3. The van der Waals surface area contributed by atoms with Crippen LogP contribution in [0.4, 0.5) is 0 Å². The second kappa shape index (κ2) is 5.68. The van der Waals surface area contributed by atoms with Crippen LogP contribution in [-0.2, 0) is 6.54 Å². The summed E-state index contributed by atoms with van der Waals surface area (Å²) in [5, 5.41) is 3.34. The van der Waals surface area contributed by atoms with Gasteiger partial charge < -0.3 is 9.73 Å². The minimum atomic E-state index is -0.229. The van der Waals surface area contributed by atoms with Crippen molar-refractivity contribution >= 4 is 17.7 Å². The molecule has 0 bridgehead atoms. The zero-order valence-corrected chi connectivity index (χ0v) is 11.0. The van der Waals surface area contributed by atoms with Crippen molar-refractivity contribution in [3.63, 3.8) is 0 Å². The van der Waals surface area contributed by atoms with E-state index in [0.29, 0.717) is 23.2 Å². The van der Waals surface area contributed by atoms with Crippen LogP contribution in [0.15, 0.2) is 34.0 Å². The Balaban J connectivity index is 2.06. The molecule has 6 heteroatoms. The number of furan rings is 1. The van der Waals surface area contributed by atoms with E-state index >= 15 is 0 Å². The smallest absolute Gasteiger partial charge is 0.270 e. The van der Waals surface area contributed by atoms with E-state index in [-0.39, 0.29) is 5.91 Å². The first-order chi connectivity index (χ1) is 8.69. The highest BCUT2D eigenvalue weighted by Crippen LogP contribution is 2.10. The number of aryl methyl sites for hydroxylation is 1. The molecule has 0 unspecified atom stereocenters. The molecule has 1 N–H and O–H groups in total. The average molecular weight is 263 g/mol. The fourth-order valence-corrected chi connectivity index (χ4v) is 1.84. The molecule has 2 aromatic heterocycles. The van der Waals surface area contributed by atoms with Crippen LogP contribution >= 0.6 is 11.8 Å². The highest BCUT2D eigenvalue weighted by molar-refractivity contribution is 7.98. The molecular formula is C12H13N3O2S. The minimum Gasteiger partial charge on any atom is -0.467 e. The van der Waals surface area contributed by atoms with Gasteiger partial charge in [-0.2, -0.15) is 0 Å². The molecule has 5 nitrogen and oxygen atoms in total. The fourth-order valence-electron chi connectivity index (χ4n) is 1.42. The standard InChI is InChI=1S/C12H13N3O2S/c1-8-6-10(15-12(14-8)18-2)11(16)13-7-9-4-3-5-17-9/h3-6H,7H2,1-2H3,(H,13,16). The Morgan fingerprint density at radius 3 is 3.00 bits per heavy atom. The van der Waals surface area contributed by atoms with Crippen molar-refractivity contribution in [2.24, 2.45) is 0 Å². The second-order valence-electron chi connectivity index (χ2n) is 3.64. The van der Waals surface area contributed by atoms with Crippen LogP contribution in [0, 0.1) is 6.92 Å². The third-order valence-corrected chi connectivity index (χ3v) is 2.80. The zero-order chi connectivity index (χ0) is 13.0. The van der Waals surface area contributed by atoms with Crippen LogP contribution in [0.2, 0.25) is 0 Å². The molecule has 1 amide bonds. The van der Waals surface area contributed by atoms with E-state index in [1.165, 1.54) is 11.8 Å². The van der Waals surface area contributed by atoms with Gasteiger partial charge in [-0.1, -0.05) is 11.8 Å². The van der Waals surface area contributed by atoms with Crippen molar-refractivity contribution in [3.8, 4) is 0 Å². The van der Waals surface area contributed by atoms with Crippen molar-refractivity contribution in [2.45, 2.75) is 18.6 Å². The lowest BCUT2D eigenvalue weighted by Gasteiger charge is -2.05. The molecular weight excluding hydrogens is 250 g/mol. The summed E-state index contributed by atoms with van der Waals surface area (Å²) in [5.41, 5.74) is 1.15. The van der Waals surface area contributed by atoms with Crippen LogP contribution in [0.25, 0.3) is 0 Å². The van der Waals surface area contributed by atoms with E-state index in [4.69, 9.17) is 4.42 Å². The number of carbonyl (C=O) groups excluding carboxylic acids is 1. The third-order valence-electron chi connectivity index (χ3n) is 2.25. The quantitative estimate of drug-likeness (QED) is 0.675. The Labute approximate surface area is 109 Å². The van der Waals surface area contributed by atoms with Crippen molar-refractivity contribution in [1.82, 2.24) is 15.3 Å². The van der Waals surface area contributed by atoms with Crippen LogP contribution in [0.5, 0.6) is 0 Å². The van der Waals surface area contributed by atoms with Gasteiger partial charge in [0.05, 0.1) is 12.8 Å². The Morgan fingerprint density at radius 2 is 2.33 bits per heavy atom. The Morgan fingerprint density at radius 1 is 1.50 bits per heavy atom. The molecule has 2 rings (SSSR count). The van der Waals surface area contributed by atoms with Gasteiger partial charge in [-0.25, -0.2) is 9.97 Å². The molecule has 0 fully saturated rings. The van der Waals surface area contributed by atoms with E-state index < -0.39 is 0 Å². The van der Waals surface area contributed by atoms with Crippen LogP contribution < -0.4 is 5.32 Å². The SMILES string of the molecule is CSc1nc(C)cc(C(=O)NCc2ccco2)n1. The highest BCUT2D eigenvalue weighted by atomic mass is 32.2. The average Bonchev–Trinajstić information content (AvgIpc) is 2.88. The van der Waals surface area contributed by atoms with Gasteiger partial charge in [0, 0.05) is 5.69 Å². The number of nitrogens with one attached hydrogen (secondary N) is 1. The topological polar surface area (TPSA) is 68.0 Å². The number of nitrogens with zero attached hydrogens (tertiary/aromatic N) is 2. The molecule has 18 heavy (non-hydrogen) atoms. The second-order valence-corrected chi connectivity index (χ2v) is 4.42. The van der Waals surface area contributed by atoms with Gasteiger partial charge in [-0.15, -0.1) is 0 Å². The van der Waals surface area contributed by atoms with Gasteiger partial charge in [0.15, 0.2) is 5.16 Å². The van der Waals surface area contributed by atoms with Gasteiger partial charge in [0.1, 0.15) is 11.5 Å². The predicted molar refractivity (Wildman–Crippen MR) is 68.4 cm³/mol. The Kier molecular flexibility index (Phi) is 3.99. The van der Waals surface area contributed by atoms with Gasteiger partial charge in [-0.3, -0.25) is 4.79 Å². The molecule has 0 spiro atoms. The monoisotopic (exact) mass is 263 g/mol. The lowest BCUT2D eigenvalue weighted by atomic mass is 10.3. The number of rotatable bonds is 4. The summed E-state index contributed by atoms with van der Waals surface area (Å²) in [7, 11) is 0. The van der Waals surface area contributed by atoms with Crippen LogP contribution in [0.1, 0.15) is 21.9 Å². The molecule has 0 atom stereocenters. The minimum absolute atomic E-state index is 0.229. The molecule has 0 aliphatic rings. The van der Waals surface area contributed by atoms with Gasteiger partial charge in [0.2, 0.25) is 0 Å². The number of aromatic nitrogens is 2. The maximum atomic E-state index is 11.9. The van der Waals surface area contributed by atoms with Crippen molar-refractivity contribution < 1.29 is 9.21 Å². The van der Waals surface area contributed by atoms with Crippen molar-refractivity contribution in [2.75, 3.05) is 6.26 Å². The summed E-state index contributed by atoms with van der Waals surface area (Å²) < 4.78 is 5.14. The fraction of sp³-hybridized carbons (Fsp3) is 0.250. The molecule has 0 radical (unpaired) electrons. The van der Waals surface area contributed by atoms with Crippen LogP contribution in [-0.4, -0.2) is 22.1 Å². The summed E-state index contributed by atoms with van der Waals surface area (Å²) >= 11 is 1.41. The molecule has 0 aliphatic carbocycles. The molecule has 2 heterocycles. The van der Waals surface area contributed by atoms with E-state index in [1.807, 2.05) is 13.2 Å². The first kappa shape index (κ1) is 12.6.